The van der Waals surface area contributed by atoms with Gasteiger partial charge < -0.3 is 15.4 Å². The van der Waals surface area contributed by atoms with E-state index >= 15 is 0 Å². The minimum absolute atomic E-state index is 0.00586. The minimum Gasteiger partial charge on any atom is -0.462 e. The standard InChI is InChI=1S/C22H29N3O3/c1-15-13-16(14-23)4-11-20(15)25-18-7-9-19(10-8-18)28-21(26)3-2-12-24-22(27)17-5-6-17/h4,11,13,17-19,25H,2-3,5-10,12H2,1H3,(H,24,27). The van der Waals surface area contributed by atoms with Gasteiger partial charge in [0.1, 0.15) is 6.10 Å². The van der Waals surface area contributed by atoms with Gasteiger partial charge in [0.2, 0.25) is 5.91 Å². The van der Waals surface area contributed by atoms with Gasteiger partial charge in [-0.2, -0.15) is 5.26 Å². The monoisotopic (exact) mass is 383 g/mol. The summed E-state index contributed by atoms with van der Waals surface area (Å²) in [6.45, 7) is 2.55. The highest BCUT2D eigenvalue weighted by Gasteiger charge is 2.29. The number of nitrogens with one attached hydrogen (secondary N) is 2. The molecule has 3 rings (SSSR count). The van der Waals surface area contributed by atoms with E-state index in [9.17, 15) is 9.59 Å². The van der Waals surface area contributed by atoms with E-state index in [1.165, 1.54) is 0 Å². The number of hydrogen-bond donors (Lipinski definition) is 2. The molecule has 1 amide bonds. The van der Waals surface area contributed by atoms with Crippen molar-refractivity contribution in [3.8, 4) is 6.07 Å². The van der Waals surface area contributed by atoms with E-state index in [1.807, 2.05) is 25.1 Å². The van der Waals surface area contributed by atoms with Crippen LogP contribution in [-0.4, -0.2) is 30.6 Å². The maximum Gasteiger partial charge on any atom is 0.306 e. The third-order valence-corrected chi connectivity index (χ3v) is 5.49. The van der Waals surface area contributed by atoms with Crippen LogP contribution in [0, 0.1) is 24.2 Å². The number of carbonyl (C=O) groups is 2. The molecule has 2 aliphatic carbocycles. The summed E-state index contributed by atoms with van der Waals surface area (Å²) in [6.07, 6.45) is 6.60. The summed E-state index contributed by atoms with van der Waals surface area (Å²) in [6, 6.07) is 8.20. The molecule has 6 nitrogen and oxygen atoms in total. The van der Waals surface area contributed by atoms with Gasteiger partial charge in [0, 0.05) is 30.6 Å². The molecule has 6 heteroatoms. The van der Waals surface area contributed by atoms with Gasteiger partial charge >= 0.3 is 5.97 Å². The molecule has 0 bridgehead atoms. The zero-order valence-electron chi connectivity index (χ0n) is 16.5. The molecule has 2 aliphatic rings. The van der Waals surface area contributed by atoms with Crippen molar-refractivity contribution in [1.29, 1.82) is 5.26 Å². The predicted molar refractivity (Wildman–Crippen MR) is 107 cm³/mol. The van der Waals surface area contributed by atoms with Crippen LogP contribution in [0.25, 0.3) is 0 Å². The Hall–Kier alpha value is -2.55. The van der Waals surface area contributed by atoms with E-state index in [2.05, 4.69) is 16.7 Å². The molecule has 2 fully saturated rings. The van der Waals surface area contributed by atoms with E-state index in [-0.39, 0.29) is 23.9 Å². The molecule has 0 saturated heterocycles. The summed E-state index contributed by atoms with van der Waals surface area (Å²) in [5.41, 5.74) is 2.81. The lowest BCUT2D eigenvalue weighted by Crippen LogP contribution is -2.31. The van der Waals surface area contributed by atoms with Gasteiger partial charge in [0.25, 0.3) is 0 Å². The van der Waals surface area contributed by atoms with E-state index in [1.54, 1.807) is 0 Å². The Morgan fingerprint density at radius 3 is 2.57 bits per heavy atom. The van der Waals surface area contributed by atoms with Crippen molar-refractivity contribution in [1.82, 2.24) is 5.32 Å². The van der Waals surface area contributed by atoms with Crippen molar-refractivity contribution in [3.63, 3.8) is 0 Å². The van der Waals surface area contributed by atoms with Crippen LogP contribution in [0.3, 0.4) is 0 Å². The fourth-order valence-electron chi connectivity index (χ4n) is 3.62. The number of aryl methyl sites for hydroxylation is 1. The number of nitriles is 1. The highest BCUT2D eigenvalue weighted by atomic mass is 16.5. The van der Waals surface area contributed by atoms with Crippen LogP contribution in [0.2, 0.25) is 0 Å². The van der Waals surface area contributed by atoms with Crippen LogP contribution in [0.1, 0.15) is 62.5 Å². The Balaban J connectivity index is 1.32. The first-order chi connectivity index (χ1) is 13.5. The number of esters is 1. The molecule has 28 heavy (non-hydrogen) atoms. The Kier molecular flexibility index (Phi) is 6.91. The molecule has 0 atom stereocenters. The zero-order chi connectivity index (χ0) is 19.9. The number of hydrogen-bond acceptors (Lipinski definition) is 5. The number of benzene rings is 1. The molecular formula is C22H29N3O3. The van der Waals surface area contributed by atoms with Crippen molar-refractivity contribution in [2.24, 2.45) is 5.92 Å². The van der Waals surface area contributed by atoms with Crippen LogP contribution in [0.5, 0.6) is 0 Å². The predicted octanol–water partition coefficient (Wildman–Crippen LogP) is 3.44. The molecule has 0 spiro atoms. The molecule has 1 aromatic rings. The number of nitrogens with zero attached hydrogens (tertiary/aromatic N) is 1. The van der Waals surface area contributed by atoms with Gasteiger partial charge in [0.05, 0.1) is 11.6 Å². The second-order valence-corrected chi connectivity index (χ2v) is 7.92. The Bertz CT molecular complexity index is 744. The average Bonchev–Trinajstić information content (AvgIpc) is 3.53. The quantitative estimate of drug-likeness (QED) is 0.530. The van der Waals surface area contributed by atoms with Gasteiger partial charge in [-0.15, -0.1) is 0 Å². The van der Waals surface area contributed by atoms with Gasteiger partial charge in [0.15, 0.2) is 0 Å². The SMILES string of the molecule is Cc1cc(C#N)ccc1NC1CCC(OC(=O)CCCNC(=O)C2CC2)CC1. The van der Waals surface area contributed by atoms with Crippen molar-refractivity contribution >= 4 is 17.6 Å². The summed E-state index contributed by atoms with van der Waals surface area (Å²) in [7, 11) is 0. The van der Waals surface area contributed by atoms with Crippen LogP contribution in [0.15, 0.2) is 18.2 Å². The molecule has 150 valence electrons. The van der Waals surface area contributed by atoms with Gasteiger partial charge in [-0.1, -0.05) is 0 Å². The second-order valence-electron chi connectivity index (χ2n) is 7.92. The lowest BCUT2D eigenvalue weighted by atomic mass is 9.92. The molecule has 0 heterocycles. The number of ether oxygens (including phenoxy) is 1. The molecule has 0 unspecified atom stereocenters. The first-order valence-corrected chi connectivity index (χ1v) is 10.3. The Morgan fingerprint density at radius 2 is 1.93 bits per heavy atom. The molecule has 2 N–H and O–H groups in total. The summed E-state index contributed by atoms with van der Waals surface area (Å²) in [4.78, 5) is 23.5. The Labute approximate surface area is 166 Å². The maximum absolute atomic E-state index is 12.0. The normalized spacial score (nSPS) is 21.4. The van der Waals surface area contributed by atoms with Gasteiger partial charge in [-0.05, 0) is 75.6 Å². The van der Waals surface area contributed by atoms with E-state index in [0.717, 1.165) is 49.8 Å². The highest BCUT2D eigenvalue weighted by Crippen LogP contribution is 2.29. The first kappa shape index (κ1) is 20.2. The van der Waals surface area contributed by atoms with Gasteiger partial charge in [-0.25, -0.2) is 0 Å². The summed E-state index contributed by atoms with van der Waals surface area (Å²) >= 11 is 0. The van der Waals surface area contributed by atoms with E-state index < -0.39 is 0 Å². The topological polar surface area (TPSA) is 91.2 Å². The highest BCUT2D eigenvalue weighted by molar-refractivity contribution is 5.80. The molecular weight excluding hydrogens is 354 g/mol. The summed E-state index contributed by atoms with van der Waals surface area (Å²) in [5.74, 6) is 0.167. The zero-order valence-corrected chi connectivity index (χ0v) is 16.5. The van der Waals surface area contributed by atoms with Crippen LogP contribution >= 0.6 is 0 Å². The fraction of sp³-hybridized carbons (Fsp3) is 0.591. The van der Waals surface area contributed by atoms with E-state index in [4.69, 9.17) is 10.00 Å². The number of amides is 1. The third kappa shape index (κ3) is 5.98. The summed E-state index contributed by atoms with van der Waals surface area (Å²) < 4.78 is 5.60. The third-order valence-electron chi connectivity index (χ3n) is 5.49. The molecule has 1 aromatic carbocycles. The van der Waals surface area contributed by atoms with Crippen LogP contribution in [-0.2, 0) is 14.3 Å². The van der Waals surface area contributed by atoms with E-state index in [0.29, 0.717) is 31.0 Å². The molecule has 0 aliphatic heterocycles. The van der Waals surface area contributed by atoms with Crippen molar-refractivity contribution in [3.05, 3.63) is 29.3 Å². The number of carbonyl (C=O) groups excluding carboxylic acids is 2. The Morgan fingerprint density at radius 1 is 1.18 bits per heavy atom. The summed E-state index contributed by atoms with van der Waals surface area (Å²) in [5, 5.41) is 15.4. The first-order valence-electron chi connectivity index (χ1n) is 10.3. The van der Waals surface area contributed by atoms with Gasteiger partial charge in [-0.3, -0.25) is 9.59 Å². The maximum atomic E-state index is 12.0. The largest absolute Gasteiger partial charge is 0.462 e. The van der Waals surface area contributed by atoms with Crippen molar-refractivity contribution in [2.75, 3.05) is 11.9 Å². The lowest BCUT2D eigenvalue weighted by molar-refractivity contribution is -0.150. The molecule has 2 saturated carbocycles. The smallest absolute Gasteiger partial charge is 0.306 e. The second kappa shape index (κ2) is 9.59. The average molecular weight is 383 g/mol. The lowest BCUT2D eigenvalue weighted by Gasteiger charge is -2.30. The molecule has 0 radical (unpaired) electrons. The van der Waals surface area contributed by atoms with Crippen molar-refractivity contribution in [2.45, 2.75) is 70.4 Å². The number of rotatable bonds is 8. The minimum atomic E-state index is -0.167. The number of anilines is 1. The molecule has 0 aromatic heterocycles. The van der Waals surface area contributed by atoms with Crippen LogP contribution < -0.4 is 10.6 Å². The fourth-order valence-corrected chi connectivity index (χ4v) is 3.62. The van der Waals surface area contributed by atoms with Crippen LogP contribution in [0.4, 0.5) is 5.69 Å². The van der Waals surface area contributed by atoms with Crippen molar-refractivity contribution < 1.29 is 14.3 Å².